The van der Waals surface area contributed by atoms with Crippen molar-refractivity contribution in [2.75, 3.05) is 0 Å². The fourth-order valence-corrected chi connectivity index (χ4v) is 3.37. The highest BCUT2D eigenvalue weighted by Gasteiger charge is 2.61. The Balaban J connectivity index is 1.87. The van der Waals surface area contributed by atoms with Crippen LogP contribution < -0.4 is 10.9 Å². The molecule has 9 heteroatoms. The number of alkyl halides is 3. The average molecular weight is 382 g/mol. The number of aromatic amines is 1. The molecule has 3 rings (SSSR count). The molecule has 1 atom stereocenters. The zero-order valence-corrected chi connectivity index (χ0v) is 13.9. The summed E-state index contributed by atoms with van der Waals surface area (Å²) in [6, 6.07) is 10.6. The van der Waals surface area contributed by atoms with Gasteiger partial charge < -0.3 is 15.4 Å². The number of thiophene rings is 1. The van der Waals surface area contributed by atoms with Crippen molar-refractivity contribution in [2.45, 2.75) is 18.3 Å². The Bertz CT molecular complexity index is 998. The van der Waals surface area contributed by atoms with Gasteiger partial charge in [0.1, 0.15) is 0 Å². The minimum Gasteiger partial charge on any atom is -0.368 e. The third kappa shape index (κ3) is 3.11. The van der Waals surface area contributed by atoms with Crippen LogP contribution in [0, 0.1) is 0 Å². The van der Waals surface area contributed by atoms with Gasteiger partial charge in [-0.1, -0.05) is 24.3 Å². The lowest BCUT2D eigenvalue weighted by molar-refractivity contribution is -0.255. The lowest BCUT2D eigenvalue weighted by Gasteiger charge is -2.28. The van der Waals surface area contributed by atoms with Crippen LogP contribution in [0.25, 0.3) is 10.8 Å². The number of hydrogen-bond acceptors (Lipinski definition) is 4. The van der Waals surface area contributed by atoms with E-state index in [-0.39, 0.29) is 12.2 Å². The van der Waals surface area contributed by atoms with Crippen LogP contribution in [0.3, 0.4) is 0 Å². The highest BCUT2D eigenvalue weighted by Crippen LogP contribution is 2.41. The van der Waals surface area contributed by atoms with E-state index in [2.05, 4.69) is 10.3 Å². The minimum absolute atomic E-state index is 0.220. The smallest absolute Gasteiger partial charge is 0.368 e. The van der Waals surface area contributed by atoms with Gasteiger partial charge in [0.2, 0.25) is 0 Å². The van der Waals surface area contributed by atoms with E-state index in [1.54, 1.807) is 30.3 Å². The maximum Gasteiger partial charge on any atom is 0.431 e. The second-order valence-corrected chi connectivity index (χ2v) is 6.53. The van der Waals surface area contributed by atoms with Crippen LogP contribution in [0.4, 0.5) is 13.2 Å². The highest BCUT2D eigenvalue weighted by atomic mass is 32.1. The Labute approximate surface area is 149 Å². The van der Waals surface area contributed by atoms with Crippen molar-refractivity contribution < 1.29 is 23.1 Å². The van der Waals surface area contributed by atoms with Crippen LogP contribution in [0.15, 0.2) is 52.6 Å². The molecule has 0 aliphatic carbocycles. The Hall–Kier alpha value is -2.65. The van der Waals surface area contributed by atoms with Gasteiger partial charge in [-0.3, -0.25) is 9.59 Å². The quantitative estimate of drug-likeness (QED) is 0.649. The van der Waals surface area contributed by atoms with Crippen molar-refractivity contribution >= 4 is 28.0 Å². The molecule has 136 valence electrons. The molecule has 0 aliphatic heterocycles. The summed E-state index contributed by atoms with van der Waals surface area (Å²) < 4.78 is 40.1. The third-order valence-electron chi connectivity index (χ3n) is 3.87. The van der Waals surface area contributed by atoms with Crippen LogP contribution in [0.2, 0.25) is 0 Å². The number of hydrogen-bond donors (Lipinski definition) is 3. The van der Waals surface area contributed by atoms with Crippen LogP contribution in [0.5, 0.6) is 0 Å². The minimum atomic E-state index is -5.20. The van der Waals surface area contributed by atoms with Crippen molar-refractivity contribution in [3.05, 3.63) is 68.8 Å². The molecule has 0 saturated heterocycles. The van der Waals surface area contributed by atoms with E-state index >= 15 is 0 Å². The van der Waals surface area contributed by atoms with Crippen LogP contribution in [-0.4, -0.2) is 22.2 Å². The molecule has 5 nitrogen and oxygen atoms in total. The van der Waals surface area contributed by atoms with Crippen molar-refractivity contribution in [2.24, 2.45) is 0 Å². The van der Waals surface area contributed by atoms with Crippen molar-refractivity contribution in [3.8, 4) is 0 Å². The maximum atomic E-state index is 13.4. The van der Waals surface area contributed by atoms with Crippen molar-refractivity contribution in [1.29, 1.82) is 0 Å². The first-order valence-electron chi connectivity index (χ1n) is 7.46. The number of nitrogens with one attached hydrogen (secondary N) is 2. The van der Waals surface area contributed by atoms with Gasteiger partial charge in [-0.2, -0.15) is 13.2 Å². The number of H-pyrrole nitrogens is 1. The molecular weight excluding hydrogens is 369 g/mol. The molecule has 0 spiro atoms. The Kier molecular flexibility index (Phi) is 4.59. The van der Waals surface area contributed by atoms with E-state index in [1.807, 2.05) is 0 Å². The molecule has 0 aliphatic rings. The number of amides is 1. The molecule has 0 radical (unpaired) electrons. The van der Waals surface area contributed by atoms with Crippen molar-refractivity contribution in [1.82, 2.24) is 10.3 Å². The summed E-state index contributed by atoms with van der Waals surface area (Å²) in [5, 5.41) is 14.5. The molecule has 0 fully saturated rings. The zero-order chi connectivity index (χ0) is 18.9. The van der Waals surface area contributed by atoms with Gasteiger partial charge in [0.05, 0.1) is 11.4 Å². The molecule has 2 aromatic heterocycles. The molecule has 0 saturated carbocycles. The fraction of sp³-hybridized carbons (Fsp3) is 0.176. The van der Waals surface area contributed by atoms with E-state index in [4.69, 9.17) is 0 Å². The first-order valence-corrected chi connectivity index (χ1v) is 8.34. The van der Waals surface area contributed by atoms with E-state index in [9.17, 15) is 27.9 Å². The molecule has 1 aromatic carbocycles. The van der Waals surface area contributed by atoms with Crippen LogP contribution in [0.1, 0.15) is 10.6 Å². The summed E-state index contributed by atoms with van der Waals surface area (Å²) in [6.07, 6.45) is -5.20. The third-order valence-corrected chi connectivity index (χ3v) is 4.84. The molecule has 0 bridgehead atoms. The van der Waals surface area contributed by atoms with Gasteiger partial charge in [0.25, 0.3) is 17.1 Å². The van der Waals surface area contributed by atoms with E-state index in [1.165, 1.54) is 11.4 Å². The van der Waals surface area contributed by atoms with E-state index in [0.29, 0.717) is 22.1 Å². The second kappa shape index (κ2) is 6.58. The highest BCUT2D eigenvalue weighted by molar-refractivity contribution is 7.10. The second-order valence-electron chi connectivity index (χ2n) is 5.58. The van der Waals surface area contributed by atoms with E-state index in [0.717, 1.165) is 6.07 Å². The Morgan fingerprint density at radius 3 is 2.58 bits per heavy atom. The molecule has 1 unspecified atom stereocenters. The molecule has 3 N–H and O–H groups in total. The maximum absolute atomic E-state index is 13.4. The molecule has 26 heavy (non-hydrogen) atoms. The normalized spacial score (nSPS) is 14.2. The lowest BCUT2D eigenvalue weighted by Crippen LogP contribution is -2.53. The molecular formula is C17H13F3N2O3S. The van der Waals surface area contributed by atoms with Gasteiger partial charge in [-0.05, 0) is 29.0 Å². The molecule has 1 amide bonds. The zero-order valence-electron chi connectivity index (χ0n) is 13.1. The number of aromatic nitrogens is 1. The molecule has 3 aromatic rings. The number of pyridine rings is 1. The number of aliphatic hydroxyl groups is 1. The monoisotopic (exact) mass is 382 g/mol. The first kappa shape index (κ1) is 18.2. The Morgan fingerprint density at radius 2 is 1.92 bits per heavy atom. The number of carbonyl (C=O) groups excluding carboxylic acids is 1. The molecule has 2 heterocycles. The predicted octanol–water partition coefficient (Wildman–Crippen LogP) is 2.66. The standard InChI is InChI=1S/C17H13F3N2O3S/c18-17(19,20)16(25,13-6-3-7-26-13)15(24)21-9-11-8-10-4-1-2-5-12(10)14(23)22-11/h1-8,25H,9H2,(H,21,24)(H,22,23). The number of carbonyl (C=O) groups is 1. The van der Waals surface area contributed by atoms with Crippen molar-refractivity contribution in [3.63, 3.8) is 0 Å². The Morgan fingerprint density at radius 1 is 1.19 bits per heavy atom. The average Bonchev–Trinajstić information content (AvgIpc) is 3.13. The van der Waals surface area contributed by atoms with Gasteiger partial charge >= 0.3 is 6.18 Å². The van der Waals surface area contributed by atoms with Crippen LogP contribution >= 0.6 is 11.3 Å². The van der Waals surface area contributed by atoms with Gasteiger partial charge in [-0.25, -0.2) is 0 Å². The first-order chi connectivity index (χ1) is 12.2. The summed E-state index contributed by atoms with van der Waals surface area (Å²) in [5.41, 5.74) is -3.85. The van der Waals surface area contributed by atoms with Gasteiger partial charge in [0.15, 0.2) is 0 Å². The van der Waals surface area contributed by atoms with Gasteiger partial charge in [-0.15, -0.1) is 11.3 Å². The largest absolute Gasteiger partial charge is 0.431 e. The topological polar surface area (TPSA) is 82.2 Å². The summed E-state index contributed by atoms with van der Waals surface area (Å²) in [7, 11) is 0. The summed E-state index contributed by atoms with van der Waals surface area (Å²) in [6.45, 7) is -0.372. The lowest BCUT2D eigenvalue weighted by atomic mass is 10.00. The summed E-state index contributed by atoms with van der Waals surface area (Å²) >= 11 is 0.622. The summed E-state index contributed by atoms with van der Waals surface area (Å²) in [5.74, 6) is -1.61. The van der Waals surface area contributed by atoms with Crippen LogP contribution in [-0.2, 0) is 16.9 Å². The predicted molar refractivity (Wildman–Crippen MR) is 90.7 cm³/mol. The number of rotatable bonds is 4. The number of benzene rings is 1. The summed E-state index contributed by atoms with van der Waals surface area (Å²) in [4.78, 5) is 26.1. The number of fused-ring (bicyclic) bond motifs is 1. The van der Waals surface area contributed by atoms with E-state index < -0.39 is 28.1 Å². The number of halogens is 3. The fourth-order valence-electron chi connectivity index (χ4n) is 2.53. The van der Waals surface area contributed by atoms with Gasteiger partial charge in [0, 0.05) is 11.1 Å². The SMILES string of the molecule is O=C(NCc1cc2ccccc2c(=O)[nH]1)C(O)(c1cccs1)C(F)(F)F.